The molecule has 8 heteroatoms. The standard InChI is InChI=1S/C18H13Cl2IN2O2S/c19-13-6-3-11(8-14(13)20)16-9-26-18(23-16)22-15(17(24)25)7-10-1-4-12(21)5-2-10/h1-6,8-9,15H,7H2,(H,22,23)(H,24,25). The van der Waals surface area contributed by atoms with Gasteiger partial charge in [-0.1, -0.05) is 41.4 Å². The molecule has 3 rings (SSSR count). The van der Waals surface area contributed by atoms with Crippen LogP contribution in [-0.2, 0) is 11.2 Å². The van der Waals surface area contributed by atoms with Gasteiger partial charge in [-0.25, -0.2) is 9.78 Å². The van der Waals surface area contributed by atoms with E-state index in [1.54, 1.807) is 12.1 Å². The monoisotopic (exact) mass is 518 g/mol. The minimum Gasteiger partial charge on any atom is -0.480 e. The quantitative estimate of drug-likeness (QED) is 0.403. The lowest BCUT2D eigenvalue weighted by molar-refractivity contribution is -0.137. The SMILES string of the molecule is O=C(O)C(Cc1ccc(I)cc1)Nc1nc(-c2ccc(Cl)c(Cl)c2)cs1. The molecule has 2 aromatic carbocycles. The fourth-order valence-electron chi connectivity index (χ4n) is 2.33. The Morgan fingerprint density at radius 1 is 1.19 bits per heavy atom. The van der Waals surface area contributed by atoms with E-state index in [-0.39, 0.29) is 0 Å². The van der Waals surface area contributed by atoms with Crippen LogP contribution in [0.3, 0.4) is 0 Å². The summed E-state index contributed by atoms with van der Waals surface area (Å²) in [6.45, 7) is 0. The molecule has 0 saturated carbocycles. The van der Waals surface area contributed by atoms with Gasteiger partial charge in [-0.3, -0.25) is 0 Å². The van der Waals surface area contributed by atoms with E-state index in [4.69, 9.17) is 23.2 Å². The Morgan fingerprint density at radius 3 is 2.58 bits per heavy atom. The molecule has 1 atom stereocenters. The summed E-state index contributed by atoms with van der Waals surface area (Å²) in [6.07, 6.45) is 0.369. The van der Waals surface area contributed by atoms with Gasteiger partial charge in [0.05, 0.1) is 15.7 Å². The number of nitrogens with zero attached hydrogens (tertiary/aromatic N) is 1. The van der Waals surface area contributed by atoms with Crippen LogP contribution < -0.4 is 5.32 Å². The van der Waals surface area contributed by atoms with Gasteiger partial charge in [0.15, 0.2) is 5.13 Å². The predicted molar refractivity (Wildman–Crippen MR) is 115 cm³/mol. The molecule has 0 aliphatic carbocycles. The first-order valence-corrected chi connectivity index (χ1v) is 10.3. The number of aliphatic carboxylic acids is 1. The molecule has 3 aromatic rings. The van der Waals surface area contributed by atoms with Crippen LogP contribution in [0.5, 0.6) is 0 Å². The summed E-state index contributed by atoms with van der Waals surface area (Å²) in [5.74, 6) is -0.921. The maximum absolute atomic E-state index is 11.6. The topological polar surface area (TPSA) is 62.2 Å². The molecule has 0 radical (unpaired) electrons. The number of carbonyl (C=O) groups is 1. The summed E-state index contributed by atoms with van der Waals surface area (Å²) >= 11 is 15.6. The Labute approximate surface area is 178 Å². The largest absolute Gasteiger partial charge is 0.480 e. The van der Waals surface area contributed by atoms with E-state index in [0.717, 1.165) is 20.4 Å². The second kappa shape index (κ2) is 8.56. The first-order valence-electron chi connectivity index (χ1n) is 7.57. The van der Waals surface area contributed by atoms with Crippen molar-refractivity contribution in [3.63, 3.8) is 0 Å². The summed E-state index contributed by atoms with van der Waals surface area (Å²) in [5, 5.41) is 15.9. The van der Waals surface area contributed by atoms with Gasteiger partial charge in [0.1, 0.15) is 6.04 Å². The number of carboxylic acids is 1. The first-order chi connectivity index (χ1) is 12.4. The van der Waals surface area contributed by atoms with Crippen LogP contribution in [0.2, 0.25) is 10.0 Å². The Hall–Kier alpha value is -1.35. The molecule has 0 bridgehead atoms. The highest BCUT2D eigenvalue weighted by atomic mass is 127. The number of thiazole rings is 1. The van der Waals surface area contributed by atoms with Crippen LogP contribution in [0.25, 0.3) is 11.3 Å². The van der Waals surface area contributed by atoms with Gasteiger partial charge in [-0.2, -0.15) is 0 Å². The van der Waals surface area contributed by atoms with Crippen molar-refractivity contribution in [2.24, 2.45) is 0 Å². The van der Waals surface area contributed by atoms with Gasteiger partial charge in [-0.15, -0.1) is 11.3 Å². The number of hydrogen-bond acceptors (Lipinski definition) is 4. The third-order valence-electron chi connectivity index (χ3n) is 3.67. The third-order valence-corrected chi connectivity index (χ3v) is 5.90. The molecule has 0 fully saturated rings. The number of rotatable bonds is 6. The normalized spacial score (nSPS) is 12.0. The molecule has 0 aliphatic rings. The maximum Gasteiger partial charge on any atom is 0.326 e. The van der Waals surface area contributed by atoms with Crippen molar-refractivity contribution in [1.82, 2.24) is 4.98 Å². The molecule has 1 aromatic heterocycles. The van der Waals surface area contributed by atoms with Crippen molar-refractivity contribution in [2.75, 3.05) is 5.32 Å². The van der Waals surface area contributed by atoms with E-state index in [0.29, 0.717) is 21.6 Å². The van der Waals surface area contributed by atoms with Crippen LogP contribution in [0.15, 0.2) is 47.8 Å². The Kier molecular flexibility index (Phi) is 6.39. The predicted octanol–water partition coefficient (Wildman–Crippen LogP) is 5.83. The summed E-state index contributed by atoms with van der Waals surface area (Å²) in [5.41, 5.74) is 2.49. The zero-order chi connectivity index (χ0) is 18.7. The van der Waals surface area contributed by atoms with Crippen molar-refractivity contribution in [3.05, 3.63) is 67.0 Å². The number of aromatic nitrogens is 1. The van der Waals surface area contributed by atoms with E-state index in [1.165, 1.54) is 11.3 Å². The minimum absolute atomic E-state index is 0.369. The first kappa shape index (κ1) is 19.4. The lowest BCUT2D eigenvalue weighted by atomic mass is 10.1. The van der Waals surface area contributed by atoms with E-state index in [2.05, 4.69) is 32.9 Å². The summed E-state index contributed by atoms with van der Waals surface area (Å²) < 4.78 is 1.11. The molecule has 0 amide bonds. The van der Waals surface area contributed by atoms with Crippen molar-refractivity contribution in [2.45, 2.75) is 12.5 Å². The van der Waals surface area contributed by atoms with Crippen LogP contribution in [0, 0.1) is 3.57 Å². The molecule has 26 heavy (non-hydrogen) atoms. The minimum atomic E-state index is -0.921. The Balaban J connectivity index is 1.75. The summed E-state index contributed by atoms with van der Waals surface area (Å²) in [4.78, 5) is 16.1. The van der Waals surface area contributed by atoms with Crippen LogP contribution >= 0.6 is 57.1 Å². The van der Waals surface area contributed by atoms with Gasteiger partial charge in [0.25, 0.3) is 0 Å². The van der Waals surface area contributed by atoms with Gasteiger partial charge < -0.3 is 10.4 Å². The highest BCUT2D eigenvalue weighted by molar-refractivity contribution is 14.1. The van der Waals surface area contributed by atoms with Gasteiger partial charge in [-0.05, 0) is 52.4 Å². The van der Waals surface area contributed by atoms with E-state index in [9.17, 15) is 9.90 Å². The van der Waals surface area contributed by atoms with Crippen molar-refractivity contribution >= 4 is 68.2 Å². The number of nitrogens with one attached hydrogen (secondary N) is 1. The third kappa shape index (κ3) is 4.88. The maximum atomic E-state index is 11.6. The molecule has 4 nitrogen and oxygen atoms in total. The molecule has 0 saturated heterocycles. The lowest BCUT2D eigenvalue weighted by Gasteiger charge is -2.13. The van der Waals surface area contributed by atoms with Gasteiger partial charge in [0.2, 0.25) is 0 Å². The zero-order valence-corrected chi connectivity index (χ0v) is 17.7. The number of halogens is 3. The summed E-state index contributed by atoms with van der Waals surface area (Å²) in [6, 6.07) is 12.3. The summed E-state index contributed by atoms with van der Waals surface area (Å²) in [7, 11) is 0. The number of benzene rings is 2. The van der Waals surface area contributed by atoms with E-state index in [1.807, 2.05) is 35.7 Å². The van der Waals surface area contributed by atoms with Gasteiger partial charge >= 0.3 is 5.97 Å². The smallest absolute Gasteiger partial charge is 0.326 e. The number of hydrogen-bond donors (Lipinski definition) is 2. The fraction of sp³-hybridized carbons (Fsp3) is 0.111. The molecule has 0 aliphatic heterocycles. The van der Waals surface area contributed by atoms with Crippen LogP contribution in [-0.4, -0.2) is 22.1 Å². The number of anilines is 1. The molecule has 2 N–H and O–H groups in total. The highest BCUT2D eigenvalue weighted by Gasteiger charge is 2.19. The molecule has 1 unspecified atom stereocenters. The average Bonchev–Trinajstić information content (AvgIpc) is 3.07. The molecule has 0 spiro atoms. The second-order valence-corrected chi connectivity index (χ2v) is 8.45. The number of carboxylic acid groups (broad SMARTS) is 1. The molecule has 134 valence electrons. The zero-order valence-electron chi connectivity index (χ0n) is 13.2. The Bertz CT molecular complexity index is 931. The van der Waals surface area contributed by atoms with Crippen LogP contribution in [0.4, 0.5) is 5.13 Å². The van der Waals surface area contributed by atoms with Crippen LogP contribution in [0.1, 0.15) is 5.56 Å². The molecular formula is C18H13Cl2IN2O2S. The van der Waals surface area contributed by atoms with E-state index < -0.39 is 12.0 Å². The van der Waals surface area contributed by atoms with E-state index >= 15 is 0 Å². The fourth-order valence-corrected chi connectivity index (χ4v) is 3.76. The Morgan fingerprint density at radius 2 is 1.92 bits per heavy atom. The second-order valence-electron chi connectivity index (χ2n) is 5.53. The van der Waals surface area contributed by atoms with Gasteiger partial charge in [0, 0.05) is 20.9 Å². The highest BCUT2D eigenvalue weighted by Crippen LogP contribution is 2.30. The van der Waals surface area contributed by atoms with Crippen molar-refractivity contribution < 1.29 is 9.90 Å². The van der Waals surface area contributed by atoms with Crippen molar-refractivity contribution in [1.29, 1.82) is 0 Å². The molecular weight excluding hydrogens is 506 g/mol. The molecule has 1 heterocycles. The lowest BCUT2D eigenvalue weighted by Crippen LogP contribution is -2.31. The van der Waals surface area contributed by atoms with Crippen molar-refractivity contribution in [3.8, 4) is 11.3 Å². The average molecular weight is 519 g/mol.